The van der Waals surface area contributed by atoms with Crippen molar-refractivity contribution in [1.29, 1.82) is 0 Å². The second kappa shape index (κ2) is 7.90. The third kappa shape index (κ3) is 4.53. The highest BCUT2D eigenvalue weighted by molar-refractivity contribution is 6.05. The van der Waals surface area contributed by atoms with Crippen LogP contribution in [0, 0.1) is 6.92 Å². The number of carbonyl (C=O) groups excluding carboxylic acids is 1. The lowest BCUT2D eigenvalue weighted by molar-refractivity contribution is -0.143. The molecule has 0 saturated heterocycles. The number of para-hydroxylation sites is 1. The lowest BCUT2D eigenvalue weighted by atomic mass is 10.1. The van der Waals surface area contributed by atoms with Gasteiger partial charge in [-0.15, -0.1) is 0 Å². The molecule has 29 heavy (non-hydrogen) atoms. The van der Waals surface area contributed by atoms with Gasteiger partial charge in [0.15, 0.2) is 5.69 Å². The summed E-state index contributed by atoms with van der Waals surface area (Å²) in [4.78, 5) is 12.5. The Labute approximate surface area is 161 Å². The quantitative estimate of drug-likeness (QED) is 0.598. The van der Waals surface area contributed by atoms with Crippen molar-refractivity contribution in [3.05, 3.63) is 71.5 Å². The molecule has 3 aromatic rings. The van der Waals surface area contributed by atoms with Gasteiger partial charge < -0.3 is 10.1 Å². The molecular formula is C19H14F5N3O2. The van der Waals surface area contributed by atoms with E-state index in [9.17, 15) is 26.7 Å². The van der Waals surface area contributed by atoms with Gasteiger partial charge in [-0.2, -0.15) is 27.1 Å². The van der Waals surface area contributed by atoms with Crippen molar-refractivity contribution in [2.45, 2.75) is 19.7 Å². The predicted molar refractivity (Wildman–Crippen MR) is 94.3 cm³/mol. The number of hydrogen-bond donors (Lipinski definition) is 1. The molecule has 0 aliphatic carbocycles. The summed E-state index contributed by atoms with van der Waals surface area (Å²) >= 11 is 0. The normalized spacial score (nSPS) is 11.6. The lowest BCUT2D eigenvalue weighted by Crippen LogP contribution is -2.21. The topological polar surface area (TPSA) is 56.2 Å². The SMILES string of the molecule is Cc1ccccc1-n1ncc(C(=O)Nc2cccc(OC(F)F)c2)c1C(F)(F)F. The Morgan fingerprint density at radius 2 is 1.86 bits per heavy atom. The summed E-state index contributed by atoms with van der Waals surface area (Å²) in [5.41, 5.74) is -1.26. The Morgan fingerprint density at radius 1 is 1.14 bits per heavy atom. The second-order valence-corrected chi connectivity index (χ2v) is 5.96. The molecule has 5 nitrogen and oxygen atoms in total. The summed E-state index contributed by atoms with van der Waals surface area (Å²) in [6.07, 6.45) is -4.06. The van der Waals surface area contributed by atoms with Crippen LogP contribution in [0.15, 0.2) is 54.7 Å². The van der Waals surface area contributed by atoms with E-state index in [-0.39, 0.29) is 17.1 Å². The molecule has 0 bridgehead atoms. The van der Waals surface area contributed by atoms with E-state index in [1.54, 1.807) is 25.1 Å². The number of nitrogens with one attached hydrogen (secondary N) is 1. The molecule has 3 rings (SSSR count). The van der Waals surface area contributed by atoms with Gasteiger partial charge in [0.2, 0.25) is 0 Å². The molecule has 0 fully saturated rings. The second-order valence-electron chi connectivity index (χ2n) is 5.96. The maximum absolute atomic E-state index is 13.7. The molecule has 1 N–H and O–H groups in total. The Kier molecular flexibility index (Phi) is 5.53. The molecule has 0 spiro atoms. The number of alkyl halides is 5. The zero-order valence-electron chi connectivity index (χ0n) is 14.9. The minimum Gasteiger partial charge on any atom is -0.435 e. The van der Waals surface area contributed by atoms with Crippen LogP contribution in [-0.2, 0) is 6.18 Å². The van der Waals surface area contributed by atoms with Gasteiger partial charge in [-0.1, -0.05) is 24.3 Å². The molecule has 1 amide bonds. The summed E-state index contributed by atoms with van der Waals surface area (Å²) in [6, 6.07) is 11.2. The number of hydrogen-bond acceptors (Lipinski definition) is 3. The number of nitrogens with zero attached hydrogens (tertiary/aromatic N) is 2. The van der Waals surface area contributed by atoms with Gasteiger partial charge in [0.05, 0.1) is 17.4 Å². The fourth-order valence-electron chi connectivity index (χ4n) is 2.72. The molecule has 2 aromatic carbocycles. The number of anilines is 1. The molecule has 0 saturated carbocycles. The van der Waals surface area contributed by atoms with Gasteiger partial charge in [-0.05, 0) is 30.7 Å². The summed E-state index contributed by atoms with van der Waals surface area (Å²) < 4.78 is 70.7. The van der Waals surface area contributed by atoms with E-state index in [1.165, 1.54) is 24.3 Å². The fraction of sp³-hybridized carbons (Fsp3) is 0.158. The number of rotatable bonds is 5. The highest BCUT2D eigenvalue weighted by atomic mass is 19.4. The van der Waals surface area contributed by atoms with Crippen molar-refractivity contribution in [3.8, 4) is 11.4 Å². The van der Waals surface area contributed by atoms with Gasteiger partial charge in [0, 0.05) is 11.8 Å². The Bertz CT molecular complexity index is 1030. The van der Waals surface area contributed by atoms with Crippen molar-refractivity contribution < 1.29 is 31.5 Å². The van der Waals surface area contributed by atoms with E-state index >= 15 is 0 Å². The number of halogens is 5. The monoisotopic (exact) mass is 411 g/mol. The molecule has 0 aliphatic heterocycles. The van der Waals surface area contributed by atoms with Crippen molar-refractivity contribution >= 4 is 11.6 Å². The smallest absolute Gasteiger partial charge is 0.434 e. The van der Waals surface area contributed by atoms with Crippen LogP contribution in [0.25, 0.3) is 5.69 Å². The van der Waals surface area contributed by atoms with Gasteiger partial charge in [0.25, 0.3) is 5.91 Å². The first-order valence-corrected chi connectivity index (χ1v) is 8.24. The van der Waals surface area contributed by atoms with Crippen LogP contribution in [-0.4, -0.2) is 22.3 Å². The third-order valence-electron chi connectivity index (χ3n) is 3.94. The zero-order valence-corrected chi connectivity index (χ0v) is 14.9. The van der Waals surface area contributed by atoms with Crippen LogP contribution in [0.4, 0.5) is 27.6 Å². The Balaban J connectivity index is 1.97. The molecule has 0 aliphatic rings. The predicted octanol–water partition coefficient (Wildman–Crippen LogP) is 5.05. The summed E-state index contributed by atoms with van der Waals surface area (Å²) in [5, 5.41) is 5.99. The van der Waals surface area contributed by atoms with E-state index in [1.807, 2.05) is 0 Å². The Morgan fingerprint density at radius 3 is 2.52 bits per heavy atom. The molecule has 0 atom stereocenters. The molecule has 0 unspecified atom stereocenters. The number of amides is 1. The van der Waals surface area contributed by atoms with Crippen LogP contribution in [0.1, 0.15) is 21.6 Å². The van der Waals surface area contributed by atoms with E-state index in [4.69, 9.17) is 0 Å². The van der Waals surface area contributed by atoms with E-state index in [0.29, 0.717) is 10.2 Å². The summed E-state index contributed by atoms with van der Waals surface area (Å²) in [6.45, 7) is -1.46. The van der Waals surface area contributed by atoms with Gasteiger partial charge in [-0.3, -0.25) is 4.79 Å². The van der Waals surface area contributed by atoms with E-state index in [2.05, 4.69) is 15.2 Å². The first-order chi connectivity index (χ1) is 13.7. The molecule has 1 heterocycles. The molecule has 0 radical (unpaired) electrons. The van der Waals surface area contributed by atoms with Crippen LogP contribution >= 0.6 is 0 Å². The summed E-state index contributed by atoms with van der Waals surface area (Å²) in [7, 11) is 0. The average molecular weight is 411 g/mol. The molecule has 1 aromatic heterocycles. The number of ether oxygens (including phenoxy) is 1. The number of benzene rings is 2. The first kappa shape index (κ1) is 20.3. The minimum atomic E-state index is -4.87. The summed E-state index contributed by atoms with van der Waals surface area (Å²) in [5.74, 6) is -1.34. The molecule has 10 heteroatoms. The lowest BCUT2D eigenvalue weighted by Gasteiger charge is -2.14. The van der Waals surface area contributed by atoms with Crippen molar-refractivity contribution in [2.24, 2.45) is 0 Å². The number of aryl methyl sites for hydroxylation is 1. The standard InChI is InChI=1S/C19H14F5N3O2/c1-11-5-2-3-8-15(11)27-16(19(22,23)24)14(10-25-27)17(28)26-12-6-4-7-13(9-12)29-18(20)21/h2-10,18H,1H3,(H,26,28). The van der Waals surface area contributed by atoms with E-state index in [0.717, 1.165) is 12.3 Å². The zero-order chi connectivity index (χ0) is 21.2. The van der Waals surface area contributed by atoms with Crippen LogP contribution < -0.4 is 10.1 Å². The van der Waals surface area contributed by atoms with E-state index < -0.39 is 30.0 Å². The van der Waals surface area contributed by atoms with Gasteiger partial charge >= 0.3 is 12.8 Å². The Hall–Kier alpha value is -3.43. The third-order valence-corrected chi connectivity index (χ3v) is 3.94. The average Bonchev–Trinajstić information content (AvgIpc) is 3.07. The van der Waals surface area contributed by atoms with Crippen LogP contribution in [0.3, 0.4) is 0 Å². The van der Waals surface area contributed by atoms with Crippen molar-refractivity contribution in [3.63, 3.8) is 0 Å². The number of aromatic nitrogens is 2. The van der Waals surface area contributed by atoms with Crippen LogP contribution in [0.5, 0.6) is 5.75 Å². The largest absolute Gasteiger partial charge is 0.435 e. The molecule has 152 valence electrons. The molecular weight excluding hydrogens is 397 g/mol. The van der Waals surface area contributed by atoms with Crippen molar-refractivity contribution in [2.75, 3.05) is 5.32 Å². The fourth-order valence-corrected chi connectivity index (χ4v) is 2.72. The maximum atomic E-state index is 13.7. The minimum absolute atomic E-state index is 0.00934. The maximum Gasteiger partial charge on any atom is 0.434 e. The van der Waals surface area contributed by atoms with Crippen molar-refractivity contribution in [1.82, 2.24) is 9.78 Å². The highest BCUT2D eigenvalue weighted by Crippen LogP contribution is 2.34. The highest BCUT2D eigenvalue weighted by Gasteiger charge is 2.40. The van der Waals surface area contributed by atoms with Crippen LogP contribution in [0.2, 0.25) is 0 Å². The van der Waals surface area contributed by atoms with Gasteiger partial charge in [0.1, 0.15) is 5.75 Å². The first-order valence-electron chi connectivity index (χ1n) is 8.24. The van der Waals surface area contributed by atoms with Gasteiger partial charge in [-0.25, -0.2) is 4.68 Å². The number of carbonyl (C=O) groups is 1.